The first-order chi connectivity index (χ1) is 18.0. The molecule has 0 spiro atoms. The van der Waals surface area contributed by atoms with E-state index in [0.717, 1.165) is 59.9 Å². The van der Waals surface area contributed by atoms with Gasteiger partial charge in [0, 0.05) is 43.4 Å². The molecule has 2 aliphatic rings. The molecule has 0 unspecified atom stereocenters. The number of ether oxygens (including phenoxy) is 2. The molecular formula is C30H37NO5S. The summed E-state index contributed by atoms with van der Waals surface area (Å²) in [7, 11) is 1.67. The number of hydrogen-bond donors (Lipinski definition) is 1. The highest BCUT2D eigenvalue weighted by Gasteiger charge is 2.45. The van der Waals surface area contributed by atoms with Crippen molar-refractivity contribution in [1.82, 2.24) is 4.90 Å². The van der Waals surface area contributed by atoms with Gasteiger partial charge in [-0.05, 0) is 48.1 Å². The highest BCUT2D eigenvalue weighted by atomic mass is 32.2. The molecule has 4 rings (SSSR count). The maximum atomic E-state index is 13.1. The summed E-state index contributed by atoms with van der Waals surface area (Å²) in [6, 6.07) is 16.3. The zero-order chi connectivity index (χ0) is 26.0. The molecule has 1 N–H and O–H groups in total. The number of rotatable bonds is 12. The van der Waals surface area contributed by atoms with Gasteiger partial charge in [-0.2, -0.15) is 11.8 Å². The molecule has 3 atom stereocenters. The first kappa shape index (κ1) is 27.4. The summed E-state index contributed by atoms with van der Waals surface area (Å²) in [5, 5.41) is 8.83. The third-order valence-corrected chi connectivity index (χ3v) is 8.20. The standard InChI is InChI=1S/C30H37NO5S/c1-35-25-14-12-24(13-15-25)23-10-8-22(9-11-23)21-36-28-20-27(32)30(31-16-18-37-19-17-31)26(28)6-4-2-3-5-7-29(33)34/h2-3,8-15,26,28,30H,4-7,16-21H2,1H3,(H,33,34)/b3-2-/t26-,28-,30+/m0/s1. The smallest absolute Gasteiger partial charge is 0.303 e. The number of methoxy groups -OCH3 is 1. The van der Waals surface area contributed by atoms with Crippen LogP contribution in [0.3, 0.4) is 0 Å². The fourth-order valence-corrected chi connectivity index (χ4v) is 6.21. The molecule has 0 aromatic heterocycles. The third kappa shape index (κ3) is 7.69. The monoisotopic (exact) mass is 523 g/mol. The quantitative estimate of drug-likeness (QED) is 0.371. The molecule has 2 aromatic rings. The van der Waals surface area contributed by atoms with Gasteiger partial charge in [0.1, 0.15) is 5.75 Å². The van der Waals surface area contributed by atoms with Crippen molar-refractivity contribution in [3.05, 3.63) is 66.2 Å². The Labute approximate surface area is 224 Å². The van der Waals surface area contributed by atoms with Gasteiger partial charge in [-0.25, -0.2) is 0 Å². The van der Waals surface area contributed by atoms with Crippen LogP contribution in [-0.2, 0) is 20.9 Å². The summed E-state index contributed by atoms with van der Waals surface area (Å²) in [5.41, 5.74) is 3.36. The van der Waals surface area contributed by atoms with Crippen LogP contribution in [0.25, 0.3) is 11.1 Å². The van der Waals surface area contributed by atoms with Crippen molar-refractivity contribution in [2.75, 3.05) is 31.7 Å². The van der Waals surface area contributed by atoms with E-state index < -0.39 is 5.97 Å². The topological polar surface area (TPSA) is 76.1 Å². The maximum absolute atomic E-state index is 13.1. The van der Waals surface area contributed by atoms with E-state index >= 15 is 0 Å². The second kappa shape index (κ2) is 13.8. The van der Waals surface area contributed by atoms with Crippen LogP contribution in [-0.4, -0.2) is 65.6 Å². The maximum Gasteiger partial charge on any atom is 0.303 e. The molecular weight excluding hydrogens is 486 g/mol. The Balaban J connectivity index is 1.38. The van der Waals surface area contributed by atoms with Gasteiger partial charge >= 0.3 is 5.97 Å². The number of carboxylic acid groups (broad SMARTS) is 1. The van der Waals surface area contributed by atoms with Crippen molar-refractivity contribution in [3.8, 4) is 16.9 Å². The summed E-state index contributed by atoms with van der Waals surface area (Å²) >= 11 is 1.95. The lowest BCUT2D eigenvalue weighted by molar-refractivity contribution is -0.136. The highest BCUT2D eigenvalue weighted by Crippen LogP contribution is 2.35. The summed E-state index contributed by atoms with van der Waals surface area (Å²) in [6.07, 6.45) is 6.75. The van der Waals surface area contributed by atoms with Crippen LogP contribution in [0.2, 0.25) is 0 Å². The van der Waals surface area contributed by atoms with Crippen molar-refractivity contribution < 1.29 is 24.2 Å². The number of carboxylic acids is 1. The first-order valence-electron chi connectivity index (χ1n) is 13.1. The number of allylic oxidation sites excluding steroid dienone is 2. The van der Waals surface area contributed by atoms with Crippen LogP contribution < -0.4 is 4.74 Å². The van der Waals surface area contributed by atoms with Crippen LogP contribution in [0.15, 0.2) is 60.7 Å². The molecule has 6 nitrogen and oxygen atoms in total. The van der Waals surface area contributed by atoms with Gasteiger partial charge in [-0.15, -0.1) is 0 Å². The van der Waals surface area contributed by atoms with Crippen LogP contribution >= 0.6 is 11.8 Å². The summed E-state index contributed by atoms with van der Waals surface area (Å²) in [6.45, 7) is 2.38. The Hall–Kier alpha value is -2.61. The minimum atomic E-state index is -0.778. The third-order valence-electron chi connectivity index (χ3n) is 7.25. The number of ketones is 1. The zero-order valence-corrected chi connectivity index (χ0v) is 22.3. The van der Waals surface area contributed by atoms with Gasteiger partial charge in [-0.1, -0.05) is 48.6 Å². The van der Waals surface area contributed by atoms with Gasteiger partial charge < -0.3 is 14.6 Å². The average Bonchev–Trinajstić information content (AvgIpc) is 3.24. The molecule has 1 heterocycles. The number of carbonyl (C=O) groups excluding carboxylic acids is 1. The Morgan fingerprint density at radius 2 is 1.68 bits per heavy atom. The summed E-state index contributed by atoms with van der Waals surface area (Å²) in [5.74, 6) is 2.64. The predicted molar refractivity (Wildman–Crippen MR) is 148 cm³/mol. The Kier molecular flexibility index (Phi) is 10.2. The molecule has 0 radical (unpaired) electrons. The minimum absolute atomic E-state index is 0.0734. The molecule has 1 aliphatic heterocycles. The van der Waals surface area contributed by atoms with Crippen molar-refractivity contribution >= 4 is 23.5 Å². The number of carbonyl (C=O) groups is 2. The highest BCUT2D eigenvalue weighted by molar-refractivity contribution is 7.99. The fourth-order valence-electron chi connectivity index (χ4n) is 5.28. The molecule has 2 fully saturated rings. The van der Waals surface area contributed by atoms with Gasteiger partial charge in [0.25, 0.3) is 0 Å². The van der Waals surface area contributed by atoms with Crippen LogP contribution in [0.5, 0.6) is 5.75 Å². The van der Waals surface area contributed by atoms with E-state index in [4.69, 9.17) is 14.6 Å². The van der Waals surface area contributed by atoms with Crippen LogP contribution in [0, 0.1) is 5.92 Å². The van der Waals surface area contributed by atoms with E-state index in [9.17, 15) is 9.59 Å². The molecule has 0 bridgehead atoms. The number of benzene rings is 2. The molecule has 7 heteroatoms. The van der Waals surface area contributed by atoms with E-state index in [2.05, 4.69) is 47.4 Å². The second-order valence-electron chi connectivity index (χ2n) is 9.68. The van der Waals surface area contributed by atoms with E-state index in [0.29, 0.717) is 25.2 Å². The van der Waals surface area contributed by atoms with Crippen molar-refractivity contribution in [1.29, 1.82) is 0 Å². The van der Waals surface area contributed by atoms with Crippen molar-refractivity contribution in [3.63, 3.8) is 0 Å². The van der Waals surface area contributed by atoms with Crippen molar-refractivity contribution in [2.45, 2.75) is 50.9 Å². The van der Waals surface area contributed by atoms with Crippen LogP contribution in [0.1, 0.15) is 37.7 Å². The zero-order valence-electron chi connectivity index (χ0n) is 21.5. The van der Waals surface area contributed by atoms with Gasteiger partial charge in [-0.3, -0.25) is 14.5 Å². The summed E-state index contributed by atoms with van der Waals surface area (Å²) < 4.78 is 11.7. The Morgan fingerprint density at radius 3 is 2.32 bits per heavy atom. The number of aliphatic carboxylic acids is 1. The van der Waals surface area contributed by atoms with Gasteiger partial charge in [0.15, 0.2) is 5.78 Å². The van der Waals surface area contributed by atoms with E-state index in [1.165, 1.54) is 0 Å². The van der Waals surface area contributed by atoms with Crippen LogP contribution in [0.4, 0.5) is 0 Å². The minimum Gasteiger partial charge on any atom is -0.497 e. The Bertz CT molecular complexity index is 1050. The average molecular weight is 524 g/mol. The fraction of sp³-hybridized carbons (Fsp3) is 0.467. The van der Waals surface area contributed by atoms with E-state index in [-0.39, 0.29) is 24.5 Å². The van der Waals surface area contributed by atoms with E-state index in [1.54, 1.807) is 7.11 Å². The molecule has 1 saturated carbocycles. The molecule has 0 amide bonds. The lowest BCUT2D eigenvalue weighted by Gasteiger charge is -2.35. The second-order valence-corrected chi connectivity index (χ2v) is 10.9. The molecule has 198 valence electrons. The number of nitrogens with zero attached hydrogens (tertiary/aromatic N) is 1. The SMILES string of the molecule is COc1ccc(-c2ccc(CO[C@H]3CC(=O)[C@H](N4CCSCC4)[C@H]3CC/C=C\CCC(=O)O)cc2)cc1. The summed E-state index contributed by atoms with van der Waals surface area (Å²) in [4.78, 5) is 26.3. The molecule has 37 heavy (non-hydrogen) atoms. The largest absolute Gasteiger partial charge is 0.497 e. The molecule has 1 aliphatic carbocycles. The number of Topliss-reactive ketones (excluding diaryl/α,β-unsaturated/α-hetero) is 1. The van der Waals surface area contributed by atoms with Gasteiger partial charge in [0.2, 0.25) is 0 Å². The van der Waals surface area contributed by atoms with E-state index in [1.807, 2.05) is 30.0 Å². The normalized spacial score (nSPS) is 22.5. The molecule has 2 aromatic carbocycles. The molecule has 1 saturated heterocycles. The lowest BCUT2D eigenvalue weighted by atomic mass is 9.93. The Morgan fingerprint density at radius 1 is 1.03 bits per heavy atom. The first-order valence-corrected chi connectivity index (χ1v) is 14.3. The van der Waals surface area contributed by atoms with Gasteiger partial charge in [0.05, 0.1) is 25.9 Å². The van der Waals surface area contributed by atoms with Crippen molar-refractivity contribution in [2.24, 2.45) is 5.92 Å². The number of thioether (sulfide) groups is 1. The lowest BCUT2D eigenvalue weighted by Crippen LogP contribution is -2.47. The predicted octanol–water partition coefficient (Wildman–Crippen LogP) is 5.46. The number of hydrogen-bond acceptors (Lipinski definition) is 6.